The molecule has 114 valence electrons. The van der Waals surface area contributed by atoms with Gasteiger partial charge in [0.15, 0.2) is 0 Å². The molecule has 3 nitrogen and oxygen atoms in total. The first-order valence-electron chi connectivity index (χ1n) is 7.21. The van der Waals surface area contributed by atoms with E-state index in [1.807, 2.05) is 20.0 Å². The fourth-order valence-corrected chi connectivity index (χ4v) is 2.41. The van der Waals surface area contributed by atoms with E-state index in [9.17, 15) is 9.50 Å². The molecule has 2 N–H and O–H groups in total. The molecular weight excluding hydrogens is 255 g/mol. The van der Waals surface area contributed by atoms with Crippen LogP contribution in [0.25, 0.3) is 0 Å². The molecule has 1 rings (SSSR count). The van der Waals surface area contributed by atoms with E-state index in [0.717, 1.165) is 18.5 Å². The molecule has 1 aromatic carbocycles. The van der Waals surface area contributed by atoms with Gasteiger partial charge in [0.1, 0.15) is 5.82 Å². The first-order valence-corrected chi connectivity index (χ1v) is 7.21. The monoisotopic (exact) mass is 282 g/mol. The van der Waals surface area contributed by atoms with Gasteiger partial charge in [-0.3, -0.25) is 0 Å². The van der Waals surface area contributed by atoms with E-state index in [2.05, 4.69) is 12.2 Å². The number of halogens is 1. The Morgan fingerprint density at radius 3 is 2.60 bits per heavy atom. The van der Waals surface area contributed by atoms with Gasteiger partial charge in [0.2, 0.25) is 0 Å². The van der Waals surface area contributed by atoms with Crippen molar-refractivity contribution in [2.24, 2.45) is 0 Å². The number of anilines is 1. The van der Waals surface area contributed by atoms with Crippen molar-refractivity contribution in [1.82, 2.24) is 5.32 Å². The molecular formula is C16H27FN2O. The molecule has 0 amide bonds. The van der Waals surface area contributed by atoms with Crippen LogP contribution in [-0.2, 0) is 0 Å². The Hall–Kier alpha value is -1.13. The van der Waals surface area contributed by atoms with E-state index in [0.29, 0.717) is 12.2 Å². The third-order valence-corrected chi connectivity index (χ3v) is 3.19. The summed E-state index contributed by atoms with van der Waals surface area (Å²) in [6.45, 7) is 8.86. The largest absolute Gasteiger partial charge is 0.389 e. The highest BCUT2D eigenvalue weighted by Gasteiger charge is 2.22. The average Bonchev–Trinajstić information content (AvgIpc) is 2.33. The van der Waals surface area contributed by atoms with Crippen molar-refractivity contribution in [3.63, 3.8) is 0 Å². The Morgan fingerprint density at radius 2 is 2.05 bits per heavy atom. The van der Waals surface area contributed by atoms with Gasteiger partial charge in [-0.15, -0.1) is 0 Å². The lowest BCUT2D eigenvalue weighted by atomic mass is 10.0. The van der Waals surface area contributed by atoms with Crippen LogP contribution >= 0.6 is 0 Å². The molecule has 0 heterocycles. The number of para-hydroxylation sites is 1. The second kappa shape index (κ2) is 7.04. The minimum Gasteiger partial charge on any atom is -0.389 e. The standard InChI is InChI=1S/C16H27FN2O/c1-6-10-18-12(2)13-8-7-9-14(17)15(13)19(5)11-16(3,4)20/h7-9,12,18,20H,6,10-11H2,1-5H3. The lowest BCUT2D eigenvalue weighted by molar-refractivity contribution is 0.0884. The van der Waals surface area contributed by atoms with E-state index in [-0.39, 0.29) is 11.9 Å². The van der Waals surface area contributed by atoms with E-state index in [1.54, 1.807) is 24.8 Å². The average molecular weight is 282 g/mol. The van der Waals surface area contributed by atoms with Crippen LogP contribution in [-0.4, -0.2) is 30.8 Å². The summed E-state index contributed by atoms with van der Waals surface area (Å²) >= 11 is 0. The molecule has 1 aromatic rings. The van der Waals surface area contributed by atoms with Gasteiger partial charge in [0.05, 0.1) is 11.3 Å². The maximum Gasteiger partial charge on any atom is 0.146 e. The van der Waals surface area contributed by atoms with Crippen molar-refractivity contribution >= 4 is 5.69 Å². The zero-order valence-electron chi connectivity index (χ0n) is 13.2. The minimum absolute atomic E-state index is 0.0740. The van der Waals surface area contributed by atoms with Crippen molar-refractivity contribution in [3.05, 3.63) is 29.6 Å². The van der Waals surface area contributed by atoms with Crippen molar-refractivity contribution in [1.29, 1.82) is 0 Å². The SMILES string of the molecule is CCCNC(C)c1cccc(F)c1N(C)CC(C)(C)O. The van der Waals surface area contributed by atoms with Crippen LogP contribution < -0.4 is 10.2 Å². The number of likely N-dealkylation sites (N-methyl/N-ethyl adjacent to an activating group) is 1. The summed E-state index contributed by atoms with van der Waals surface area (Å²) in [7, 11) is 1.81. The fraction of sp³-hybridized carbons (Fsp3) is 0.625. The van der Waals surface area contributed by atoms with Gasteiger partial charge in [0.25, 0.3) is 0 Å². The number of rotatable bonds is 7. The number of benzene rings is 1. The highest BCUT2D eigenvalue weighted by Crippen LogP contribution is 2.29. The van der Waals surface area contributed by atoms with Crippen molar-refractivity contribution < 1.29 is 9.50 Å². The lowest BCUT2D eigenvalue weighted by Crippen LogP contribution is -2.37. The van der Waals surface area contributed by atoms with Crippen LogP contribution in [0.1, 0.15) is 45.7 Å². The highest BCUT2D eigenvalue weighted by atomic mass is 19.1. The lowest BCUT2D eigenvalue weighted by Gasteiger charge is -2.30. The second-order valence-corrected chi connectivity index (χ2v) is 6.02. The normalized spacial score (nSPS) is 13.3. The van der Waals surface area contributed by atoms with Crippen LogP contribution in [0.2, 0.25) is 0 Å². The summed E-state index contributed by atoms with van der Waals surface area (Å²) in [4.78, 5) is 1.79. The number of nitrogens with zero attached hydrogens (tertiary/aromatic N) is 1. The van der Waals surface area contributed by atoms with Crippen LogP contribution in [0.5, 0.6) is 0 Å². The molecule has 0 saturated carbocycles. The van der Waals surface area contributed by atoms with Crippen molar-refractivity contribution in [2.75, 3.05) is 25.0 Å². The Labute approximate surface area is 121 Å². The molecule has 0 aromatic heterocycles. The first-order chi connectivity index (χ1) is 9.26. The third kappa shape index (κ3) is 4.76. The molecule has 20 heavy (non-hydrogen) atoms. The van der Waals surface area contributed by atoms with Gasteiger partial charge in [-0.25, -0.2) is 4.39 Å². The predicted molar refractivity (Wildman–Crippen MR) is 82.7 cm³/mol. The predicted octanol–water partition coefficient (Wildman–Crippen LogP) is 3.09. The maximum atomic E-state index is 14.2. The maximum absolute atomic E-state index is 14.2. The zero-order valence-corrected chi connectivity index (χ0v) is 13.2. The molecule has 0 fully saturated rings. The number of hydrogen-bond acceptors (Lipinski definition) is 3. The van der Waals surface area contributed by atoms with Gasteiger partial charge in [0, 0.05) is 19.6 Å². The summed E-state index contributed by atoms with van der Waals surface area (Å²) < 4.78 is 14.2. The quantitative estimate of drug-likeness (QED) is 0.806. The summed E-state index contributed by atoms with van der Waals surface area (Å²) in [6, 6.07) is 5.21. The molecule has 0 bridgehead atoms. The molecule has 0 aliphatic heterocycles. The topological polar surface area (TPSA) is 35.5 Å². The molecule has 0 aliphatic carbocycles. The summed E-state index contributed by atoms with van der Waals surface area (Å²) in [6.07, 6.45) is 1.04. The van der Waals surface area contributed by atoms with Crippen molar-refractivity contribution in [2.45, 2.75) is 45.8 Å². The van der Waals surface area contributed by atoms with Crippen LogP contribution in [0.3, 0.4) is 0 Å². The highest BCUT2D eigenvalue weighted by molar-refractivity contribution is 5.55. The Morgan fingerprint density at radius 1 is 1.40 bits per heavy atom. The summed E-state index contributed by atoms with van der Waals surface area (Å²) in [5.74, 6) is -0.251. The summed E-state index contributed by atoms with van der Waals surface area (Å²) in [5.41, 5.74) is 0.616. The Balaban J connectivity index is 3.04. The van der Waals surface area contributed by atoms with Crippen molar-refractivity contribution in [3.8, 4) is 0 Å². The zero-order chi connectivity index (χ0) is 15.3. The van der Waals surface area contributed by atoms with Crippen LogP contribution in [0.4, 0.5) is 10.1 Å². The Bertz CT molecular complexity index is 429. The molecule has 1 atom stereocenters. The molecule has 0 aliphatic rings. The molecule has 4 heteroatoms. The van der Waals surface area contributed by atoms with Gasteiger partial charge in [-0.2, -0.15) is 0 Å². The fourth-order valence-electron chi connectivity index (χ4n) is 2.41. The smallest absolute Gasteiger partial charge is 0.146 e. The third-order valence-electron chi connectivity index (χ3n) is 3.19. The molecule has 1 unspecified atom stereocenters. The second-order valence-electron chi connectivity index (χ2n) is 6.02. The molecule has 0 radical (unpaired) electrons. The molecule has 0 saturated heterocycles. The Kier molecular flexibility index (Phi) is 5.96. The van der Waals surface area contributed by atoms with Gasteiger partial charge < -0.3 is 15.3 Å². The van der Waals surface area contributed by atoms with E-state index in [1.165, 1.54) is 6.07 Å². The number of aliphatic hydroxyl groups is 1. The van der Waals surface area contributed by atoms with Gasteiger partial charge in [-0.05, 0) is 45.4 Å². The number of hydrogen-bond donors (Lipinski definition) is 2. The van der Waals surface area contributed by atoms with Crippen LogP contribution in [0, 0.1) is 5.82 Å². The molecule has 0 spiro atoms. The minimum atomic E-state index is -0.867. The number of nitrogens with one attached hydrogen (secondary N) is 1. The summed E-state index contributed by atoms with van der Waals surface area (Å²) in [5, 5.41) is 13.3. The van der Waals surface area contributed by atoms with Crippen LogP contribution in [0.15, 0.2) is 18.2 Å². The van der Waals surface area contributed by atoms with E-state index >= 15 is 0 Å². The van der Waals surface area contributed by atoms with E-state index in [4.69, 9.17) is 0 Å². The first kappa shape index (κ1) is 16.9. The van der Waals surface area contributed by atoms with E-state index < -0.39 is 5.60 Å². The van der Waals surface area contributed by atoms with Gasteiger partial charge >= 0.3 is 0 Å². The van der Waals surface area contributed by atoms with Gasteiger partial charge in [-0.1, -0.05) is 19.1 Å².